The number of nitrogens with one attached hydrogen (secondary N) is 1. The molecule has 4 nitrogen and oxygen atoms in total. The fourth-order valence-corrected chi connectivity index (χ4v) is 2.10. The monoisotopic (exact) mass is 350 g/mol. The summed E-state index contributed by atoms with van der Waals surface area (Å²) in [5, 5.41) is 13.3. The van der Waals surface area contributed by atoms with Gasteiger partial charge in [0.2, 0.25) is 0 Å². The van der Waals surface area contributed by atoms with E-state index in [0.29, 0.717) is 19.6 Å². The predicted molar refractivity (Wildman–Crippen MR) is 79.2 cm³/mol. The van der Waals surface area contributed by atoms with Gasteiger partial charge in [-0.2, -0.15) is 0 Å². The lowest BCUT2D eigenvalue weighted by molar-refractivity contribution is 0.0357. The van der Waals surface area contributed by atoms with Crippen LogP contribution in [0.15, 0.2) is 18.2 Å². The van der Waals surface area contributed by atoms with E-state index in [4.69, 9.17) is 10.5 Å². The lowest BCUT2D eigenvalue weighted by atomic mass is 10.0. The third kappa shape index (κ3) is 5.10. The molecule has 0 aliphatic rings. The van der Waals surface area contributed by atoms with Crippen molar-refractivity contribution in [2.45, 2.75) is 18.9 Å². The lowest BCUT2D eigenvalue weighted by Gasteiger charge is -2.24. The number of nitrogens with two attached hydrogens (primary N) is 1. The van der Waals surface area contributed by atoms with Crippen LogP contribution in [0.1, 0.15) is 13.3 Å². The van der Waals surface area contributed by atoms with Crippen LogP contribution in [0.5, 0.6) is 0 Å². The number of halogens is 1. The van der Waals surface area contributed by atoms with Crippen molar-refractivity contribution in [2.75, 3.05) is 31.3 Å². The molecule has 1 unspecified atom stereocenters. The second-order valence-corrected chi connectivity index (χ2v) is 5.49. The average Bonchev–Trinajstić information content (AvgIpc) is 2.25. The van der Waals surface area contributed by atoms with Gasteiger partial charge in [-0.1, -0.05) is 0 Å². The Balaban J connectivity index is 2.54. The van der Waals surface area contributed by atoms with Gasteiger partial charge in [0.05, 0.1) is 5.60 Å². The van der Waals surface area contributed by atoms with Gasteiger partial charge in [-0.25, -0.2) is 0 Å². The smallest absolute Gasteiger partial charge is 0.0813 e. The fourth-order valence-electron chi connectivity index (χ4n) is 1.37. The highest BCUT2D eigenvalue weighted by atomic mass is 127. The third-order valence-corrected chi connectivity index (χ3v) is 3.39. The zero-order valence-corrected chi connectivity index (χ0v) is 12.3. The van der Waals surface area contributed by atoms with Crippen molar-refractivity contribution in [1.82, 2.24) is 0 Å². The maximum atomic E-state index is 10.1. The van der Waals surface area contributed by atoms with E-state index >= 15 is 0 Å². The topological polar surface area (TPSA) is 67.5 Å². The molecule has 0 saturated heterocycles. The first-order chi connectivity index (χ1) is 7.94. The Morgan fingerprint density at radius 1 is 1.53 bits per heavy atom. The van der Waals surface area contributed by atoms with E-state index in [9.17, 15) is 5.11 Å². The molecule has 0 fully saturated rings. The first-order valence-electron chi connectivity index (χ1n) is 5.45. The SMILES string of the molecule is COCCC(C)(O)CNc1ccc(N)cc1I. The molecule has 0 saturated carbocycles. The van der Waals surface area contributed by atoms with Crippen LogP contribution in [-0.4, -0.2) is 31.0 Å². The van der Waals surface area contributed by atoms with Gasteiger partial charge in [0.25, 0.3) is 0 Å². The van der Waals surface area contributed by atoms with Gasteiger partial charge < -0.3 is 20.9 Å². The summed E-state index contributed by atoms with van der Waals surface area (Å²) in [5.74, 6) is 0. The van der Waals surface area contributed by atoms with Gasteiger partial charge in [-0.15, -0.1) is 0 Å². The second kappa shape index (κ2) is 6.42. The van der Waals surface area contributed by atoms with Crippen molar-refractivity contribution >= 4 is 34.0 Å². The largest absolute Gasteiger partial charge is 0.399 e. The molecule has 1 atom stereocenters. The summed E-state index contributed by atoms with van der Waals surface area (Å²) in [6.07, 6.45) is 0.599. The highest BCUT2D eigenvalue weighted by Crippen LogP contribution is 2.21. The van der Waals surface area contributed by atoms with E-state index in [1.165, 1.54) is 0 Å². The lowest BCUT2D eigenvalue weighted by Crippen LogP contribution is -2.34. The number of ether oxygens (including phenoxy) is 1. The Morgan fingerprint density at radius 2 is 2.24 bits per heavy atom. The zero-order chi connectivity index (χ0) is 12.9. The average molecular weight is 350 g/mol. The van der Waals surface area contributed by atoms with Crippen LogP contribution in [0.3, 0.4) is 0 Å². The molecule has 0 bridgehead atoms. The molecule has 1 aromatic carbocycles. The molecule has 4 N–H and O–H groups in total. The number of anilines is 2. The van der Waals surface area contributed by atoms with Crippen LogP contribution >= 0.6 is 22.6 Å². The molecule has 0 heterocycles. The van der Waals surface area contributed by atoms with E-state index in [1.54, 1.807) is 14.0 Å². The van der Waals surface area contributed by atoms with Gasteiger partial charge >= 0.3 is 0 Å². The second-order valence-electron chi connectivity index (χ2n) is 4.33. The Kier molecular flexibility index (Phi) is 5.48. The molecule has 96 valence electrons. The van der Waals surface area contributed by atoms with Gasteiger partial charge in [-0.05, 0) is 47.7 Å². The summed E-state index contributed by atoms with van der Waals surface area (Å²) in [7, 11) is 1.63. The van der Waals surface area contributed by atoms with Crippen molar-refractivity contribution in [1.29, 1.82) is 0 Å². The minimum atomic E-state index is -0.777. The molecule has 1 rings (SSSR count). The highest BCUT2D eigenvalue weighted by molar-refractivity contribution is 14.1. The minimum Gasteiger partial charge on any atom is -0.399 e. The third-order valence-electron chi connectivity index (χ3n) is 2.50. The Hall–Kier alpha value is -0.530. The molecule has 0 radical (unpaired) electrons. The molecular formula is C12H19IN2O2. The van der Waals surface area contributed by atoms with Crippen molar-refractivity contribution in [2.24, 2.45) is 0 Å². The molecular weight excluding hydrogens is 331 g/mol. The van der Waals surface area contributed by atoms with Crippen LogP contribution < -0.4 is 11.1 Å². The normalized spacial score (nSPS) is 14.4. The van der Waals surface area contributed by atoms with Gasteiger partial charge in [0.15, 0.2) is 0 Å². The number of benzene rings is 1. The van der Waals surface area contributed by atoms with E-state index < -0.39 is 5.60 Å². The number of hydrogen-bond donors (Lipinski definition) is 3. The van der Waals surface area contributed by atoms with Gasteiger partial charge in [0, 0.05) is 41.6 Å². The molecule has 5 heteroatoms. The van der Waals surface area contributed by atoms with E-state index in [2.05, 4.69) is 27.9 Å². The number of nitrogen functional groups attached to an aromatic ring is 1. The first kappa shape index (κ1) is 14.5. The maximum Gasteiger partial charge on any atom is 0.0813 e. The van der Waals surface area contributed by atoms with Crippen LogP contribution in [0.25, 0.3) is 0 Å². The Morgan fingerprint density at radius 3 is 2.82 bits per heavy atom. The van der Waals surface area contributed by atoms with Crippen LogP contribution in [0.2, 0.25) is 0 Å². The number of rotatable bonds is 6. The minimum absolute atomic E-state index is 0.482. The summed E-state index contributed by atoms with van der Waals surface area (Å²) in [5.41, 5.74) is 6.62. The molecule has 0 aliphatic carbocycles. The number of hydrogen-bond acceptors (Lipinski definition) is 4. The standard InChI is InChI=1S/C12H19IN2O2/c1-12(16,5-6-17-2)8-15-11-4-3-9(14)7-10(11)13/h3-4,7,15-16H,5-6,8,14H2,1-2H3. The number of aliphatic hydroxyl groups is 1. The van der Waals surface area contributed by atoms with Crippen molar-refractivity contribution in [3.8, 4) is 0 Å². The molecule has 0 spiro atoms. The maximum absolute atomic E-state index is 10.1. The van der Waals surface area contributed by atoms with Crippen molar-refractivity contribution in [3.63, 3.8) is 0 Å². The van der Waals surface area contributed by atoms with Gasteiger partial charge in [-0.3, -0.25) is 0 Å². The first-order valence-corrected chi connectivity index (χ1v) is 6.53. The Bertz CT molecular complexity index is 370. The molecule has 1 aromatic rings. The van der Waals surface area contributed by atoms with Crippen molar-refractivity contribution < 1.29 is 9.84 Å². The quantitative estimate of drug-likeness (QED) is 0.543. The highest BCUT2D eigenvalue weighted by Gasteiger charge is 2.19. The molecule has 0 aliphatic heterocycles. The fraction of sp³-hybridized carbons (Fsp3) is 0.500. The van der Waals surface area contributed by atoms with Crippen LogP contribution in [0, 0.1) is 3.57 Å². The van der Waals surface area contributed by atoms with Crippen LogP contribution in [-0.2, 0) is 4.74 Å². The summed E-state index contributed by atoms with van der Waals surface area (Å²) in [6, 6.07) is 5.66. The van der Waals surface area contributed by atoms with E-state index in [0.717, 1.165) is 14.9 Å². The van der Waals surface area contributed by atoms with E-state index in [-0.39, 0.29) is 0 Å². The molecule has 17 heavy (non-hydrogen) atoms. The predicted octanol–water partition coefficient (Wildman–Crippen LogP) is 2.07. The molecule has 0 aromatic heterocycles. The van der Waals surface area contributed by atoms with Crippen LogP contribution in [0.4, 0.5) is 11.4 Å². The summed E-state index contributed by atoms with van der Waals surface area (Å²) < 4.78 is 6.01. The number of methoxy groups -OCH3 is 1. The summed E-state index contributed by atoms with van der Waals surface area (Å²) >= 11 is 2.22. The zero-order valence-electron chi connectivity index (χ0n) is 10.2. The summed E-state index contributed by atoms with van der Waals surface area (Å²) in [4.78, 5) is 0. The van der Waals surface area contributed by atoms with Crippen molar-refractivity contribution in [3.05, 3.63) is 21.8 Å². The summed E-state index contributed by atoms with van der Waals surface area (Å²) in [6.45, 7) is 2.83. The molecule has 0 amide bonds. The van der Waals surface area contributed by atoms with Gasteiger partial charge in [0.1, 0.15) is 0 Å². The van der Waals surface area contributed by atoms with E-state index in [1.807, 2.05) is 18.2 Å². The Labute approximate surface area is 116 Å².